The summed E-state index contributed by atoms with van der Waals surface area (Å²) in [6.45, 7) is 4.50. The molecule has 0 unspecified atom stereocenters. The van der Waals surface area contributed by atoms with E-state index in [1.54, 1.807) is 0 Å². The van der Waals surface area contributed by atoms with Crippen LogP contribution in [0.3, 0.4) is 0 Å². The zero-order chi connectivity index (χ0) is 21.2. The van der Waals surface area contributed by atoms with Gasteiger partial charge in [0.2, 0.25) is 0 Å². The summed E-state index contributed by atoms with van der Waals surface area (Å²) in [6, 6.07) is 21.0. The van der Waals surface area contributed by atoms with Crippen LogP contribution in [0.2, 0.25) is 0 Å². The lowest BCUT2D eigenvalue weighted by molar-refractivity contribution is 0.223. The largest absolute Gasteiger partial charge is 0.198 e. The first-order valence-electron chi connectivity index (χ1n) is 12.3. The minimum atomic E-state index is -0.0519. The first-order valence-corrected chi connectivity index (χ1v) is 12.3. The van der Waals surface area contributed by atoms with E-state index >= 15 is 0 Å². The van der Waals surface area contributed by atoms with E-state index in [0.29, 0.717) is 5.92 Å². The van der Waals surface area contributed by atoms with E-state index in [1.807, 2.05) is 0 Å². The second-order valence-electron chi connectivity index (χ2n) is 9.40. The highest BCUT2D eigenvalue weighted by atomic mass is 14.4. The van der Waals surface area contributed by atoms with E-state index < -0.39 is 0 Å². The van der Waals surface area contributed by atoms with Crippen LogP contribution in [0, 0.1) is 16.7 Å². The van der Waals surface area contributed by atoms with Gasteiger partial charge in [0.05, 0.1) is 11.5 Å². The molecule has 0 bridgehead atoms. The number of benzene rings is 2. The molecule has 0 amide bonds. The normalized spacial score (nSPS) is 21.3. The van der Waals surface area contributed by atoms with Crippen molar-refractivity contribution in [2.45, 2.75) is 96.8 Å². The van der Waals surface area contributed by atoms with Gasteiger partial charge in [0.1, 0.15) is 0 Å². The molecule has 160 valence electrons. The van der Waals surface area contributed by atoms with E-state index in [2.05, 4.69) is 68.4 Å². The number of rotatable bonds is 10. The number of aryl methyl sites for hydroxylation is 1. The summed E-state index contributed by atoms with van der Waals surface area (Å²) < 4.78 is 0. The van der Waals surface area contributed by atoms with E-state index in [0.717, 1.165) is 32.1 Å². The van der Waals surface area contributed by atoms with Gasteiger partial charge in [0.15, 0.2) is 0 Å². The monoisotopic (exact) mass is 401 g/mol. The number of nitriles is 1. The van der Waals surface area contributed by atoms with Gasteiger partial charge in [-0.05, 0) is 73.1 Å². The summed E-state index contributed by atoms with van der Waals surface area (Å²) in [5.41, 5.74) is 5.45. The molecule has 2 aromatic rings. The Morgan fingerprint density at radius 1 is 0.800 bits per heavy atom. The van der Waals surface area contributed by atoms with Crippen LogP contribution in [0.15, 0.2) is 48.5 Å². The van der Waals surface area contributed by atoms with Gasteiger partial charge in [-0.15, -0.1) is 0 Å². The Kier molecular flexibility index (Phi) is 8.56. The van der Waals surface area contributed by atoms with Crippen molar-refractivity contribution < 1.29 is 0 Å². The minimum Gasteiger partial charge on any atom is -0.198 e. The highest BCUT2D eigenvalue weighted by Crippen LogP contribution is 2.45. The topological polar surface area (TPSA) is 23.8 Å². The molecule has 0 atom stereocenters. The molecule has 1 fully saturated rings. The molecule has 0 aliphatic heterocycles. The van der Waals surface area contributed by atoms with Crippen LogP contribution < -0.4 is 0 Å². The molecule has 1 aliphatic carbocycles. The maximum atomic E-state index is 9.83. The predicted molar refractivity (Wildman–Crippen MR) is 129 cm³/mol. The van der Waals surface area contributed by atoms with E-state index in [-0.39, 0.29) is 5.41 Å². The Morgan fingerprint density at radius 3 is 1.97 bits per heavy atom. The number of nitrogens with zero attached hydrogens (tertiary/aromatic N) is 1. The third-order valence-corrected chi connectivity index (χ3v) is 7.18. The second kappa shape index (κ2) is 11.4. The average Bonchev–Trinajstić information content (AvgIpc) is 2.81. The molecule has 1 nitrogen and oxygen atoms in total. The molecule has 1 saturated carbocycles. The molecule has 0 saturated heterocycles. The van der Waals surface area contributed by atoms with Crippen LogP contribution in [0.5, 0.6) is 0 Å². The third kappa shape index (κ3) is 5.98. The standard InChI is InChI=1S/C29H39N/c1-3-5-7-8-20-29(23-30)21-18-28(19-22-29)27-16-14-26(15-17-27)25-12-10-24(11-13-25)9-6-4-2/h10-17,28H,3-9,18-22H2,1-2H3. The molecule has 0 radical (unpaired) electrons. The highest BCUT2D eigenvalue weighted by Gasteiger charge is 2.35. The maximum absolute atomic E-state index is 9.83. The second-order valence-corrected chi connectivity index (χ2v) is 9.40. The van der Waals surface area contributed by atoms with Crippen molar-refractivity contribution in [1.29, 1.82) is 5.26 Å². The Hall–Kier alpha value is -2.07. The lowest BCUT2D eigenvalue weighted by Gasteiger charge is -2.35. The van der Waals surface area contributed by atoms with Gasteiger partial charge in [0, 0.05) is 0 Å². The zero-order valence-electron chi connectivity index (χ0n) is 19.1. The molecule has 0 spiro atoms. The molecule has 2 aromatic carbocycles. The van der Waals surface area contributed by atoms with Gasteiger partial charge in [-0.25, -0.2) is 0 Å². The molecule has 30 heavy (non-hydrogen) atoms. The van der Waals surface area contributed by atoms with Crippen molar-refractivity contribution in [2.75, 3.05) is 0 Å². The summed E-state index contributed by atoms with van der Waals surface area (Å²) in [5.74, 6) is 0.618. The van der Waals surface area contributed by atoms with Crippen LogP contribution in [-0.2, 0) is 6.42 Å². The number of hydrogen-bond donors (Lipinski definition) is 0. The molecule has 3 rings (SSSR count). The van der Waals surface area contributed by atoms with Crippen molar-refractivity contribution >= 4 is 0 Å². The van der Waals surface area contributed by atoms with Gasteiger partial charge in [-0.1, -0.05) is 94.5 Å². The van der Waals surface area contributed by atoms with Gasteiger partial charge in [0.25, 0.3) is 0 Å². The summed E-state index contributed by atoms with van der Waals surface area (Å²) >= 11 is 0. The SMILES string of the molecule is CCCCCCC1(C#N)CCC(c2ccc(-c3ccc(CCCC)cc3)cc2)CC1. The van der Waals surface area contributed by atoms with E-state index in [4.69, 9.17) is 0 Å². The van der Waals surface area contributed by atoms with Crippen LogP contribution in [0.4, 0.5) is 0 Å². The Balaban J connectivity index is 1.56. The lowest BCUT2D eigenvalue weighted by Crippen LogP contribution is -2.25. The fourth-order valence-corrected chi connectivity index (χ4v) is 5.00. The third-order valence-electron chi connectivity index (χ3n) is 7.18. The summed E-state index contributed by atoms with van der Waals surface area (Å²) in [6.07, 6.45) is 14.3. The fraction of sp³-hybridized carbons (Fsp3) is 0.552. The van der Waals surface area contributed by atoms with Gasteiger partial charge in [-0.3, -0.25) is 0 Å². The highest BCUT2D eigenvalue weighted by molar-refractivity contribution is 5.64. The Morgan fingerprint density at radius 2 is 1.40 bits per heavy atom. The molecule has 1 heteroatoms. The van der Waals surface area contributed by atoms with E-state index in [9.17, 15) is 5.26 Å². The zero-order valence-corrected chi connectivity index (χ0v) is 19.1. The quantitative estimate of drug-likeness (QED) is 0.365. The lowest BCUT2D eigenvalue weighted by atomic mass is 9.67. The molecular formula is C29H39N. The predicted octanol–water partition coefficient (Wildman–Crippen LogP) is 8.83. The van der Waals surface area contributed by atoms with Crippen molar-refractivity contribution in [1.82, 2.24) is 0 Å². The molecule has 0 heterocycles. The molecular weight excluding hydrogens is 362 g/mol. The van der Waals surface area contributed by atoms with Crippen LogP contribution in [0.1, 0.15) is 102 Å². The Labute approximate surface area is 184 Å². The van der Waals surface area contributed by atoms with Crippen LogP contribution in [-0.4, -0.2) is 0 Å². The van der Waals surface area contributed by atoms with Gasteiger partial charge < -0.3 is 0 Å². The number of unbranched alkanes of at least 4 members (excludes halogenated alkanes) is 4. The van der Waals surface area contributed by atoms with Crippen molar-refractivity contribution in [3.05, 3.63) is 59.7 Å². The smallest absolute Gasteiger partial charge is 0.0689 e. The fourth-order valence-electron chi connectivity index (χ4n) is 5.00. The van der Waals surface area contributed by atoms with E-state index in [1.165, 1.54) is 67.2 Å². The average molecular weight is 402 g/mol. The minimum absolute atomic E-state index is 0.0519. The first kappa shape index (κ1) is 22.6. The summed E-state index contributed by atoms with van der Waals surface area (Å²) in [7, 11) is 0. The van der Waals surface area contributed by atoms with Crippen molar-refractivity contribution in [2.24, 2.45) is 5.41 Å². The summed E-state index contributed by atoms with van der Waals surface area (Å²) in [5, 5.41) is 9.83. The summed E-state index contributed by atoms with van der Waals surface area (Å²) in [4.78, 5) is 0. The molecule has 1 aliphatic rings. The molecule has 0 aromatic heterocycles. The van der Waals surface area contributed by atoms with Gasteiger partial charge in [-0.2, -0.15) is 5.26 Å². The van der Waals surface area contributed by atoms with Crippen LogP contribution >= 0.6 is 0 Å². The van der Waals surface area contributed by atoms with Crippen molar-refractivity contribution in [3.63, 3.8) is 0 Å². The van der Waals surface area contributed by atoms with Crippen LogP contribution in [0.25, 0.3) is 11.1 Å². The van der Waals surface area contributed by atoms with Gasteiger partial charge >= 0.3 is 0 Å². The molecule has 0 N–H and O–H groups in total. The Bertz CT molecular complexity index is 786. The first-order chi connectivity index (χ1) is 14.7. The van der Waals surface area contributed by atoms with Crippen molar-refractivity contribution in [3.8, 4) is 17.2 Å². The number of hydrogen-bond acceptors (Lipinski definition) is 1. The maximum Gasteiger partial charge on any atom is 0.0689 e.